The van der Waals surface area contributed by atoms with Gasteiger partial charge in [-0.3, -0.25) is 15.0 Å². The molecule has 11 heteroatoms. The number of carbonyl (C=O) groups is 2. The first-order valence-electron chi connectivity index (χ1n) is 13.8. The van der Waals surface area contributed by atoms with Crippen LogP contribution in [0.5, 0.6) is 5.75 Å². The number of carbonyl (C=O) groups excluding carboxylic acids is 2. The summed E-state index contributed by atoms with van der Waals surface area (Å²) in [5, 5.41) is 2.97. The molecule has 2 aromatic rings. The summed E-state index contributed by atoms with van der Waals surface area (Å²) in [6.07, 6.45) is 0.696. The van der Waals surface area contributed by atoms with Crippen molar-refractivity contribution in [2.24, 2.45) is 10.9 Å². The monoisotopic (exact) mass is 585 g/mol. The topological polar surface area (TPSA) is 98.7 Å². The lowest BCUT2D eigenvalue weighted by atomic mass is 9.64. The van der Waals surface area contributed by atoms with Crippen LogP contribution in [0.1, 0.15) is 52.0 Å². The molecule has 218 valence electrons. The van der Waals surface area contributed by atoms with Gasteiger partial charge < -0.3 is 18.9 Å². The third kappa shape index (κ3) is 5.17. The highest BCUT2D eigenvalue weighted by Gasteiger charge is 2.59. The van der Waals surface area contributed by atoms with Crippen LogP contribution in [0.4, 0.5) is 9.18 Å². The fraction of sp³-hybridized carbons (Fsp3) is 0.500. The van der Waals surface area contributed by atoms with Gasteiger partial charge in [0.15, 0.2) is 5.79 Å². The van der Waals surface area contributed by atoms with E-state index in [2.05, 4.69) is 5.32 Å². The van der Waals surface area contributed by atoms with Crippen molar-refractivity contribution in [2.45, 2.75) is 69.5 Å². The highest BCUT2D eigenvalue weighted by Crippen LogP contribution is 2.56. The van der Waals surface area contributed by atoms with Gasteiger partial charge in [0.1, 0.15) is 28.8 Å². The molecule has 3 aliphatic heterocycles. The van der Waals surface area contributed by atoms with Crippen LogP contribution in [0, 0.1) is 11.7 Å². The summed E-state index contributed by atoms with van der Waals surface area (Å²) in [7, 11) is 1.57. The van der Waals surface area contributed by atoms with Gasteiger partial charge in [-0.1, -0.05) is 17.7 Å². The molecule has 1 saturated carbocycles. The zero-order valence-electron chi connectivity index (χ0n) is 23.5. The molecule has 1 saturated heterocycles. The standard InChI is InChI=1S/C30H33ClFN3O6/c1-28(2,3)41-27(37)33-26-34-30(16-25(36)35(26)4)21-7-8-29(38-9-10-39-29)15-24(21)40-23-6-5-17(13-22(23)30)18-11-19(31)14-20(32)12-18/h5-6,11-14,21,24H,7-10,15-16H2,1-4H3,(H,33,34,37). The summed E-state index contributed by atoms with van der Waals surface area (Å²) < 4.78 is 38.4. The number of hydrogen-bond donors (Lipinski definition) is 1. The molecular weight excluding hydrogens is 553 g/mol. The molecule has 1 aliphatic carbocycles. The second-order valence-electron chi connectivity index (χ2n) is 12.1. The van der Waals surface area contributed by atoms with E-state index in [4.69, 9.17) is 35.5 Å². The third-order valence-corrected chi connectivity index (χ3v) is 8.39. The molecule has 2 amide bonds. The van der Waals surface area contributed by atoms with Gasteiger partial charge in [-0.25, -0.2) is 14.2 Å². The molecular formula is C30H33ClFN3O6. The molecule has 3 unspecified atom stereocenters. The van der Waals surface area contributed by atoms with Gasteiger partial charge in [-0.2, -0.15) is 0 Å². The number of nitrogens with zero attached hydrogens (tertiary/aromatic N) is 2. The van der Waals surface area contributed by atoms with Crippen LogP contribution in [0.25, 0.3) is 11.1 Å². The van der Waals surface area contributed by atoms with Crippen LogP contribution in [-0.4, -0.2) is 60.6 Å². The summed E-state index contributed by atoms with van der Waals surface area (Å²) in [4.78, 5) is 32.9. The van der Waals surface area contributed by atoms with Crippen molar-refractivity contribution < 1.29 is 32.9 Å². The molecule has 0 aromatic heterocycles. The Morgan fingerprint density at radius 1 is 1.17 bits per heavy atom. The Morgan fingerprint density at radius 2 is 1.93 bits per heavy atom. The molecule has 0 radical (unpaired) electrons. The van der Waals surface area contributed by atoms with Crippen LogP contribution < -0.4 is 10.1 Å². The van der Waals surface area contributed by atoms with E-state index in [1.165, 1.54) is 17.0 Å². The van der Waals surface area contributed by atoms with Gasteiger partial charge in [0.05, 0.1) is 19.6 Å². The number of aliphatic imine (C=N–C) groups is 1. The second-order valence-corrected chi connectivity index (χ2v) is 12.5. The lowest BCUT2D eigenvalue weighted by molar-refractivity contribution is -0.210. The minimum atomic E-state index is -1.07. The second kappa shape index (κ2) is 9.96. The quantitative estimate of drug-likeness (QED) is 0.482. The molecule has 3 atom stereocenters. The van der Waals surface area contributed by atoms with Crippen LogP contribution in [-0.2, 0) is 24.5 Å². The minimum Gasteiger partial charge on any atom is -0.489 e. The number of guanidine groups is 1. The molecule has 9 nitrogen and oxygen atoms in total. The Labute approximate surface area is 242 Å². The van der Waals surface area contributed by atoms with Gasteiger partial charge in [-0.05, 0) is 68.7 Å². The van der Waals surface area contributed by atoms with Gasteiger partial charge >= 0.3 is 6.09 Å². The number of benzene rings is 2. The van der Waals surface area contributed by atoms with Crippen molar-refractivity contribution in [3.8, 4) is 16.9 Å². The predicted octanol–water partition coefficient (Wildman–Crippen LogP) is 5.39. The van der Waals surface area contributed by atoms with Gasteiger partial charge in [0.25, 0.3) is 0 Å². The van der Waals surface area contributed by atoms with Crippen molar-refractivity contribution in [1.82, 2.24) is 10.2 Å². The SMILES string of the molecule is CN1C(=O)CC2(N=C1NC(=O)OC(C)(C)C)c1cc(-c3cc(F)cc(Cl)c3)ccc1OC1CC3(CCC12)OCCO3. The van der Waals surface area contributed by atoms with Crippen molar-refractivity contribution in [3.05, 3.63) is 52.8 Å². The smallest absolute Gasteiger partial charge is 0.414 e. The summed E-state index contributed by atoms with van der Waals surface area (Å²) in [6, 6.07) is 9.88. The first kappa shape index (κ1) is 27.9. The highest BCUT2D eigenvalue weighted by molar-refractivity contribution is 6.30. The molecule has 4 aliphatic rings. The Morgan fingerprint density at radius 3 is 2.63 bits per heavy atom. The van der Waals surface area contributed by atoms with Crippen LogP contribution in [0.2, 0.25) is 5.02 Å². The van der Waals surface area contributed by atoms with E-state index in [1.54, 1.807) is 33.9 Å². The maximum absolute atomic E-state index is 14.3. The van der Waals surface area contributed by atoms with Gasteiger partial charge in [0, 0.05) is 36.4 Å². The number of halogens is 2. The average Bonchev–Trinajstić information content (AvgIpc) is 3.32. The Kier molecular flexibility index (Phi) is 6.79. The summed E-state index contributed by atoms with van der Waals surface area (Å²) >= 11 is 6.17. The zero-order chi connectivity index (χ0) is 29.2. The first-order chi connectivity index (χ1) is 19.4. The van der Waals surface area contributed by atoms with Crippen molar-refractivity contribution in [3.63, 3.8) is 0 Å². The van der Waals surface area contributed by atoms with Crippen molar-refractivity contribution in [2.75, 3.05) is 20.3 Å². The van der Waals surface area contributed by atoms with Crippen LogP contribution >= 0.6 is 11.6 Å². The van der Waals surface area contributed by atoms with Crippen LogP contribution in [0.15, 0.2) is 41.4 Å². The molecule has 3 heterocycles. The largest absolute Gasteiger partial charge is 0.489 e. The van der Waals surface area contributed by atoms with Crippen LogP contribution in [0.3, 0.4) is 0 Å². The number of ether oxygens (including phenoxy) is 4. The molecule has 2 aromatic carbocycles. The molecule has 2 fully saturated rings. The van der Waals surface area contributed by atoms with Gasteiger partial charge in [0.2, 0.25) is 11.9 Å². The molecule has 0 bridgehead atoms. The Balaban J connectivity index is 1.48. The summed E-state index contributed by atoms with van der Waals surface area (Å²) in [5.41, 5.74) is 0.159. The number of amides is 2. The van der Waals surface area contributed by atoms with E-state index < -0.39 is 28.8 Å². The van der Waals surface area contributed by atoms with E-state index in [0.717, 1.165) is 0 Å². The number of rotatable bonds is 1. The number of alkyl carbamates (subject to hydrolysis) is 1. The predicted molar refractivity (Wildman–Crippen MR) is 149 cm³/mol. The molecule has 41 heavy (non-hydrogen) atoms. The lowest BCUT2D eigenvalue weighted by Crippen LogP contribution is -2.60. The fourth-order valence-corrected chi connectivity index (χ4v) is 6.64. The molecule has 2 spiro atoms. The summed E-state index contributed by atoms with van der Waals surface area (Å²) in [5.74, 6) is -0.977. The normalized spacial score (nSPS) is 26.7. The maximum Gasteiger partial charge on any atom is 0.414 e. The summed E-state index contributed by atoms with van der Waals surface area (Å²) in [6.45, 7) is 6.32. The number of fused-ring (bicyclic) bond motifs is 4. The minimum absolute atomic E-state index is 0.0581. The lowest BCUT2D eigenvalue weighted by Gasteiger charge is -2.53. The average molecular weight is 586 g/mol. The Hall–Kier alpha value is -3.21. The van der Waals surface area contributed by atoms with E-state index in [0.29, 0.717) is 54.9 Å². The number of nitrogens with one attached hydrogen (secondary N) is 1. The van der Waals surface area contributed by atoms with Crippen molar-refractivity contribution >= 4 is 29.6 Å². The molecule has 6 rings (SSSR count). The van der Waals surface area contributed by atoms with E-state index in [1.807, 2.05) is 18.2 Å². The third-order valence-electron chi connectivity index (χ3n) is 8.18. The maximum atomic E-state index is 14.3. The zero-order valence-corrected chi connectivity index (χ0v) is 24.2. The van der Waals surface area contributed by atoms with Gasteiger partial charge in [-0.15, -0.1) is 0 Å². The first-order valence-corrected chi connectivity index (χ1v) is 14.2. The molecule has 1 N–H and O–H groups in total. The fourth-order valence-electron chi connectivity index (χ4n) is 6.42. The van der Waals surface area contributed by atoms with E-state index >= 15 is 0 Å². The Bertz CT molecular complexity index is 1420. The number of hydrogen-bond acceptors (Lipinski definition) is 7. The highest BCUT2D eigenvalue weighted by atomic mass is 35.5. The van der Waals surface area contributed by atoms with E-state index in [9.17, 15) is 14.0 Å². The van der Waals surface area contributed by atoms with E-state index in [-0.39, 0.29) is 35.3 Å². The van der Waals surface area contributed by atoms with Crippen molar-refractivity contribution in [1.29, 1.82) is 0 Å².